The summed E-state index contributed by atoms with van der Waals surface area (Å²) in [6.45, 7) is 0. The Morgan fingerprint density at radius 1 is 0.963 bits per heavy atom. The number of halogens is 1. The van der Waals surface area contributed by atoms with E-state index in [9.17, 15) is 9.59 Å². The van der Waals surface area contributed by atoms with Crippen LogP contribution in [0.3, 0.4) is 0 Å². The standard InChI is InChI=1S/C20H17BrN2O4/c1-26-19(24)16-17(15-11-7-6-8-13(15)12-21)22-23(18(16)20(25)27-2)14-9-4-3-5-10-14/h3-11H,12H2,1-2H3. The lowest BCUT2D eigenvalue weighted by atomic mass is 10.0. The fourth-order valence-corrected chi connectivity index (χ4v) is 3.30. The van der Waals surface area contributed by atoms with Crippen LogP contribution in [0, 0.1) is 0 Å². The minimum absolute atomic E-state index is 0.0231. The predicted molar refractivity (Wildman–Crippen MR) is 104 cm³/mol. The van der Waals surface area contributed by atoms with E-state index in [2.05, 4.69) is 21.0 Å². The lowest BCUT2D eigenvalue weighted by Crippen LogP contribution is -2.15. The third-order valence-corrected chi connectivity index (χ3v) is 4.67. The van der Waals surface area contributed by atoms with E-state index in [0.717, 1.165) is 11.1 Å². The molecule has 138 valence electrons. The Bertz CT molecular complexity index is 983. The van der Waals surface area contributed by atoms with Crippen molar-refractivity contribution in [2.24, 2.45) is 0 Å². The zero-order valence-corrected chi connectivity index (χ0v) is 16.4. The molecular formula is C20H17BrN2O4. The van der Waals surface area contributed by atoms with Gasteiger partial charge in [-0.3, -0.25) is 0 Å². The summed E-state index contributed by atoms with van der Waals surface area (Å²) in [7, 11) is 2.53. The van der Waals surface area contributed by atoms with Gasteiger partial charge in [0.2, 0.25) is 0 Å². The van der Waals surface area contributed by atoms with Crippen LogP contribution >= 0.6 is 15.9 Å². The van der Waals surface area contributed by atoms with Gasteiger partial charge in [0.15, 0.2) is 5.69 Å². The number of alkyl halides is 1. The zero-order valence-electron chi connectivity index (χ0n) is 14.8. The van der Waals surface area contributed by atoms with E-state index in [-0.39, 0.29) is 11.3 Å². The zero-order chi connectivity index (χ0) is 19.4. The maximum absolute atomic E-state index is 12.6. The monoisotopic (exact) mass is 428 g/mol. The molecule has 0 bridgehead atoms. The first-order valence-corrected chi connectivity index (χ1v) is 9.23. The number of carbonyl (C=O) groups is 2. The summed E-state index contributed by atoms with van der Waals surface area (Å²) in [5, 5.41) is 5.16. The molecule has 6 nitrogen and oxygen atoms in total. The van der Waals surface area contributed by atoms with Crippen molar-refractivity contribution < 1.29 is 19.1 Å². The van der Waals surface area contributed by atoms with Crippen LogP contribution in [0.25, 0.3) is 16.9 Å². The van der Waals surface area contributed by atoms with E-state index in [1.165, 1.54) is 18.9 Å². The molecule has 0 spiro atoms. The molecule has 0 radical (unpaired) electrons. The predicted octanol–water partition coefficient (Wildman–Crippen LogP) is 4.01. The van der Waals surface area contributed by atoms with Crippen molar-refractivity contribution in [3.63, 3.8) is 0 Å². The van der Waals surface area contributed by atoms with Gasteiger partial charge in [0.1, 0.15) is 11.3 Å². The van der Waals surface area contributed by atoms with Crippen LogP contribution in [0.15, 0.2) is 54.6 Å². The highest BCUT2D eigenvalue weighted by molar-refractivity contribution is 9.08. The maximum atomic E-state index is 12.6. The molecule has 1 heterocycles. The van der Waals surface area contributed by atoms with E-state index in [4.69, 9.17) is 9.47 Å². The van der Waals surface area contributed by atoms with Gasteiger partial charge in [-0.2, -0.15) is 5.10 Å². The molecule has 0 unspecified atom stereocenters. The molecule has 27 heavy (non-hydrogen) atoms. The van der Waals surface area contributed by atoms with E-state index in [0.29, 0.717) is 16.7 Å². The normalized spacial score (nSPS) is 10.5. The number of nitrogens with zero attached hydrogens (tertiary/aromatic N) is 2. The van der Waals surface area contributed by atoms with Crippen molar-refractivity contribution in [2.45, 2.75) is 5.33 Å². The smallest absolute Gasteiger partial charge is 0.357 e. The molecule has 0 aliphatic carbocycles. The lowest BCUT2D eigenvalue weighted by Gasteiger charge is -2.07. The topological polar surface area (TPSA) is 70.4 Å². The SMILES string of the molecule is COC(=O)c1c(-c2ccccc2CBr)nn(-c2ccccc2)c1C(=O)OC. The number of methoxy groups -OCH3 is 2. The number of esters is 2. The number of rotatable bonds is 5. The third kappa shape index (κ3) is 3.50. The number of para-hydroxylation sites is 1. The third-order valence-electron chi connectivity index (χ3n) is 4.07. The second-order valence-corrected chi connectivity index (χ2v) is 6.15. The van der Waals surface area contributed by atoms with Crippen molar-refractivity contribution in [3.05, 3.63) is 71.4 Å². The molecule has 0 atom stereocenters. The van der Waals surface area contributed by atoms with E-state index in [1.54, 1.807) is 12.1 Å². The van der Waals surface area contributed by atoms with E-state index >= 15 is 0 Å². The molecule has 0 fully saturated rings. The maximum Gasteiger partial charge on any atom is 0.357 e. The van der Waals surface area contributed by atoms with Gasteiger partial charge >= 0.3 is 11.9 Å². The Morgan fingerprint density at radius 3 is 2.22 bits per heavy atom. The van der Waals surface area contributed by atoms with Gasteiger partial charge in [-0.05, 0) is 17.7 Å². The van der Waals surface area contributed by atoms with E-state index in [1.807, 2.05) is 42.5 Å². The average Bonchev–Trinajstić information content (AvgIpc) is 3.13. The van der Waals surface area contributed by atoms with Crippen LogP contribution in [-0.4, -0.2) is 35.9 Å². The molecule has 0 N–H and O–H groups in total. The minimum atomic E-state index is -0.672. The van der Waals surface area contributed by atoms with Crippen molar-refractivity contribution in [1.82, 2.24) is 9.78 Å². The van der Waals surface area contributed by atoms with Gasteiger partial charge < -0.3 is 9.47 Å². The summed E-state index contributed by atoms with van der Waals surface area (Å²) in [5.41, 5.74) is 2.75. The van der Waals surface area contributed by atoms with Crippen molar-refractivity contribution >= 4 is 27.9 Å². The molecule has 0 saturated carbocycles. The first kappa shape index (κ1) is 18.8. The largest absolute Gasteiger partial charge is 0.465 e. The first-order chi connectivity index (χ1) is 13.1. The summed E-state index contributed by atoms with van der Waals surface area (Å²) < 4.78 is 11.3. The van der Waals surface area contributed by atoms with Crippen LogP contribution in [0.5, 0.6) is 0 Å². The van der Waals surface area contributed by atoms with Crippen LogP contribution in [0.4, 0.5) is 0 Å². The molecule has 1 aromatic heterocycles. The summed E-state index contributed by atoms with van der Waals surface area (Å²) in [6.07, 6.45) is 0. The van der Waals surface area contributed by atoms with Crippen LogP contribution < -0.4 is 0 Å². The first-order valence-electron chi connectivity index (χ1n) is 8.11. The molecule has 7 heteroatoms. The Labute approximate surface area is 164 Å². The Hall–Kier alpha value is -2.93. The van der Waals surface area contributed by atoms with Gasteiger partial charge in [-0.25, -0.2) is 14.3 Å². The van der Waals surface area contributed by atoms with Crippen molar-refractivity contribution in [3.8, 4) is 16.9 Å². The Morgan fingerprint density at radius 2 is 1.59 bits per heavy atom. The average molecular weight is 429 g/mol. The number of benzene rings is 2. The highest BCUT2D eigenvalue weighted by Gasteiger charge is 2.31. The molecule has 0 aliphatic rings. The fourth-order valence-electron chi connectivity index (χ4n) is 2.81. The van der Waals surface area contributed by atoms with Gasteiger partial charge in [-0.1, -0.05) is 58.4 Å². The molecule has 0 saturated heterocycles. The van der Waals surface area contributed by atoms with Crippen molar-refractivity contribution in [1.29, 1.82) is 0 Å². The molecule has 2 aromatic carbocycles. The summed E-state index contributed by atoms with van der Waals surface area (Å²) in [6, 6.07) is 16.6. The van der Waals surface area contributed by atoms with Gasteiger partial charge in [-0.15, -0.1) is 0 Å². The Kier molecular flexibility index (Phi) is 5.71. The number of aromatic nitrogens is 2. The lowest BCUT2D eigenvalue weighted by molar-refractivity contribution is 0.0549. The number of hydrogen-bond donors (Lipinski definition) is 0. The van der Waals surface area contributed by atoms with E-state index < -0.39 is 11.9 Å². The highest BCUT2D eigenvalue weighted by Crippen LogP contribution is 2.32. The molecule has 3 rings (SSSR count). The van der Waals surface area contributed by atoms with Crippen molar-refractivity contribution in [2.75, 3.05) is 14.2 Å². The summed E-state index contributed by atoms with van der Waals surface area (Å²) in [5.74, 6) is -1.33. The second-order valence-electron chi connectivity index (χ2n) is 5.59. The fraction of sp³-hybridized carbons (Fsp3) is 0.150. The van der Waals surface area contributed by atoms with Gasteiger partial charge in [0, 0.05) is 10.9 Å². The molecular weight excluding hydrogens is 412 g/mol. The minimum Gasteiger partial charge on any atom is -0.465 e. The summed E-state index contributed by atoms with van der Waals surface area (Å²) >= 11 is 3.45. The quantitative estimate of drug-likeness (QED) is 0.453. The second kappa shape index (κ2) is 8.18. The molecule has 0 aliphatic heterocycles. The number of ether oxygens (including phenoxy) is 2. The number of hydrogen-bond acceptors (Lipinski definition) is 5. The summed E-state index contributed by atoms with van der Waals surface area (Å²) in [4.78, 5) is 25.1. The van der Waals surface area contributed by atoms with Gasteiger partial charge in [0.25, 0.3) is 0 Å². The molecule has 0 amide bonds. The van der Waals surface area contributed by atoms with Crippen LogP contribution in [-0.2, 0) is 14.8 Å². The van der Waals surface area contributed by atoms with Gasteiger partial charge in [0.05, 0.1) is 19.9 Å². The van der Waals surface area contributed by atoms with Crippen LogP contribution in [0.2, 0.25) is 0 Å². The number of carbonyl (C=O) groups excluding carboxylic acids is 2. The molecule has 3 aromatic rings. The highest BCUT2D eigenvalue weighted by atomic mass is 79.9. The Balaban J connectivity index is 2.38. The van der Waals surface area contributed by atoms with Crippen LogP contribution in [0.1, 0.15) is 26.4 Å².